The maximum atomic E-state index is 5.76. The molecule has 0 aliphatic heterocycles. The van der Waals surface area contributed by atoms with E-state index in [4.69, 9.17) is 10.2 Å². The fraction of sp³-hybridized carbons (Fsp3) is 0.235. The third kappa shape index (κ3) is 2.33. The lowest BCUT2D eigenvalue weighted by atomic mass is 10.2. The zero-order chi connectivity index (χ0) is 14.2. The van der Waals surface area contributed by atoms with Gasteiger partial charge in [-0.2, -0.15) is 0 Å². The predicted octanol–water partition coefficient (Wildman–Crippen LogP) is 3.58. The topological polar surface area (TPSA) is 55.3 Å². The number of hydrogen-bond donors (Lipinski definition) is 1. The Morgan fingerprint density at radius 3 is 2.71 bits per heavy atom. The molecular formula is C17H17N3O. The molecule has 106 valence electrons. The van der Waals surface area contributed by atoms with Crippen molar-refractivity contribution in [3.63, 3.8) is 0 Å². The Labute approximate surface area is 123 Å². The highest BCUT2D eigenvalue weighted by atomic mass is 16.3. The van der Waals surface area contributed by atoms with E-state index in [2.05, 4.69) is 22.0 Å². The number of nitrogens with zero attached hydrogens (tertiary/aromatic N) is 2. The fourth-order valence-corrected chi connectivity index (χ4v) is 2.69. The second-order valence-electron chi connectivity index (χ2n) is 5.57. The Balaban J connectivity index is 1.71. The number of rotatable bonds is 4. The molecule has 2 N–H and O–H groups in total. The van der Waals surface area contributed by atoms with Crippen molar-refractivity contribution in [2.45, 2.75) is 25.4 Å². The second kappa shape index (κ2) is 4.81. The maximum Gasteiger partial charge on any atom is 0.140 e. The van der Waals surface area contributed by atoms with Gasteiger partial charge in [0.05, 0.1) is 11.6 Å². The van der Waals surface area contributed by atoms with E-state index in [-0.39, 0.29) is 0 Å². The number of fused-ring (bicyclic) bond motifs is 1. The highest BCUT2D eigenvalue weighted by Crippen LogP contribution is 2.35. The molecule has 4 nitrogen and oxygen atoms in total. The van der Waals surface area contributed by atoms with Gasteiger partial charge in [-0.3, -0.25) is 0 Å². The van der Waals surface area contributed by atoms with Crippen molar-refractivity contribution in [1.29, 1.82) is 0 Å². The van der Waals surface area contributed by atoms with E-state index in [0.717, 1.165) is 29.0 Å². The molecule has 3 aromatic rings. The standard InChI is InChI=1S/C17H17N3O/c18-13-3-1-12(2-4-13)11-20(14-5-6-14)17-15-8-10-21-16(15)7-9-19-17/h1-4,7-10,14H,5-6,11,18H2. The number of furan rings is 1. The van der Waals surface area contributed by atoms with Gasteiger partial charge in [0.15, 0.2) is 0 Å². The molecule has 4 rings (SSSR count). The largest absolute Gasteiger partial charge is 0.464 e. The molecule has 1 aliphatic carbocycles. The highest BCUT2D eigenvalue weighted by molar-refractivity contribution is 5.88. The first-order valence-electron chi connectivity index (χ1n) is 7.24. The number of nitrogens with two attached hydrogens (primary N) is 1. The predicted molar refractivity (Wildman–Crippen MR) is 84.1 cm³/mol. The van der Waals surface area contributed by atoms with Gasteiger partial charge in [0, 0.05) is 24.5 Å². The van der Waals surface area contributed by atoms with Crippen molar-refractivity contribution >= 4 is 22.5 Å². The molecule has 2 aromatic heterocycles. The molecule has 1 saturated carbocycles. The molecule has 0 atom stereocenters. The summed E-state index contributed by atoms with van der Waals surface area (Å²) in [4.78, 5) is 6.97. The summed E-state index contributed by atoms with van der Waals surface area (Å²) in [5, 5.41) is 1.08. The zero-order valence-electron chi connectivity index (χ0n) is 11.7. The van der Waals surface area contributed by atoms with Crippen LogP contribution in [-0.4, -0.2) is 11.0 Å². The van der Waals surface area contributed by atoms with Gasteiger partial charge in [0.1, 0.15) is 11.4 Å². The van der Waals surface area contributed by atoms with Crippen molar-refractivity contribution in [2.75, 3.05) is 10.6 Å². The van der Waals surface area contributed by atoms with Crippen LogP contribution in [0.1, 0.15) is 18.4 Å². The SMILES string of the molecule is Nc1ccc(CN(c2nccc3occc23)C2CC2)cc1. The molecule has 1 fully saturated rings. The van der Waals surface area contributed by atoms with Gasteiger partial charge in [-0.1, -0.05) is 12.1 Å². The van der Waals surface area contributed by atoms with Crippen LogP contribution in [0, 0.1) is 0 Å². The Kier molecular flexibility index (Phi) is 2.81. The first-order chi connectivity index (χ1) is 10.3. The van der Waals surface area contributed by atoms with E-state index in [1.54, 1.807) is 6.26 Å². The Morgan fingerprint density at radius 1 is 1.14 bits per heavy atom. The van der Waals surface area contributed by atoms with Gasteiger partial charge >= 0.3 is 0 Å². The molecule has 0 amide bonds. The third-order valence-electron chi connectivity index (χ3n) is 3.95. The van der Waals surface area contributed by atoms with Gasteiger partial charge in [0.2, 0.25) is 0 Å². The van der Waals surface area contributed by atoms with E-state index in [1.165, 1.54) is 18.4 Å². The van der Waals surface area contributed by atoms with Crippen molar-refractivity contribution in [3.05, 3.63) is 54.4 Å². The fourth-order valence-electron chi connectivity index (χ4n) is 2.69. The van der Waals surface area contributed by atoms with E-state index < -0.39 is 0 Å². The van der Waals surface area contributed by atoms with E-state index in [1.807, 2.05) is 30.5 Å². The van der Waals surface area contributed by atoms with Crippen LogP contribution >= 0.6 is 0 Å². The zero-order valence-corrected chi connectivity index (χ0v) is 11.7. The maximum absolute atomic E-state index is 5.76. The monoisotopic (exact) mass is 279 g/mol. The summed E-state index contributed by atoms with van der Waals surface area (Å²) < 4.78 is 5.49. The van der Waals surface area contributed by atoms with Gasteiger partial charge in [0.25, 0.3) is 0 Å². The summed E-state index contributed by atoms with van der Waals surface area (Å²) >= 11 is 0. The molecule has 0 radical (unpaired) electrons. The number of aromatic nitrogens is 1. The lowest BCUT2D eigenvalue weighted by Gasteiger charge is -2.24. The summed E-state index contributed by atoms with van der Waals surface area (Å²) in [6.07, 6.45) is 6.00. The summed E-state index contributed by atoms with van der Waals surface area (Å²) in [6, 6.07) is 12.6. The molecule has 21 heavy (non-hydrogen) atoms. The van der Waals surface area contributed by atoms with Crippen LogP contribution < -0.4 is 10.6 Å². The molecule has 1 aliphatic rings. The van der Waals surface area contributed by atoms with Crippen LogP contribution in [0.4, 0.5) is 11.5 Å². The normalized spacial score (nSPS) is 14.5. The molecule has 2 heterocycles. The average molecular weight is 279 g/mol. The van der Waals surface area contributed by atoms with Crippen molar-refractivity contribution in [1.82, 2.24) is 4.98 Å². The van der Waals surface area contributed by atoms with Crippen molar-refractivity contribution in [2.24, 2.45) is 0 Å². The molecule has 0 spiro atoms. The van der Waals surface area contributed by atoms with Crippen LogP contribution in [0.5, 0.6) is 0 Å². The lowest BCUT2D eigenvalue weighted by molar-refractivity contribution is 0.615. The first kappa shape index (κ1) is 12.3. The molecule has 0 bridgehead atoms. The molecule has 1 aromatic carbocycles. The van der Waals surface area contributed by atoms with Crippen LogP contribution in [-0.2, 0) is 6.54 Å². The number of benzene rings is 1. The summed E-state index contributed by atoms with van der Waals surface area (Å²) in [6.45, 7) is 0.849. The van der Waals surface area contributed by atoms with Crippen LogP contribution in [0.15, 0.2) is 53.3 Å². The van der Waals surface area contributed by atoms with Gasteiger partial charge in [-0.05, 0) is 42.7 Å². The van der Waals surface area contributed by atoms with E-state index in [0.29, 0.717) is 6.04 Å². The quantitative estimate of drug-likeness (QED) is 0.742. The number of anilines is 2. The minimum atomic E-state index is 0.579. The molecule has 0 saturated heterocycles. The van der Waals surface area contributed by atoms with Gasteiger partial charge in [-0.25, -0.2) is 4.98 Å². The number of hydrogen-bond acceptors (Lipinski definition) is 4. The summed E-state index contributed by atoms with van der Waals surface area (Å²) in [5.41, 5.74) is 8.70. The van der Waals surface area contributed by atoms with Crippen LogP contribution in [0.25, 0.3) is 11.0 Å². The van der Waals surface area contributed by atoms with Crippen LogP contribution in [0.3, 0.4) is 0 Å². The van der Waals surface area contributed by atoms with Gasteiger partial charge < -0.3 is 15.1 Å². The van der Waals surface area contributed by atoms with Crippen molar-refractivity contribution < 1.29 is 4.42 Å². The summed E-state index contributed by atoms with van der Waals surface area (Å²) in [7, 11) is 0. The average Bonchev–Trinajstić information content (AvgIpc) is 3.23. The first-order valence-corrected chi connectivity index (χ1v) is 7.24. The lowest BCUT2D eigenvalue weighted by Crippen LogP contribution is -2.26. The third-order valence-corrected chi connectivity index (χ3v) is 3.95. The Morgan fingerprint density at radius 2 is 1.95 bits per heavy atom. The number of pyridine rings is 1. The van der Waals surface area contributed by atoms with E-state index >= 15 is 0 Å². The molecular weight excluding hydrogens is 262 g/mol. The van der Waals surface area contributed by atoms with Crippen molar-refractivity contribution in [3.8, 4) is 0 Å². The van der Waals surface area contributed by atoms with E-state index in [9.17, 15) is 0 Å². The molecule has 0 unspecified atom stereocenters. The number of nitrogen functional groups attached to an aromatic ring is 1. The minimum absolute atomic E-state index is 0.579. The minimum Gasteiger partial charge on any atom is -0.464 e. The smallest absolute Gasteiger partial charge is 0.140 e. The Hall–Kier alpha value is -2.49. The summed E-state index contributed by atoms with van der Waals surface area (Å²) in [5.74, 6) is 1.01. The van der Waals surface area contributed by atoms with Crippen LogP contribution in [0.2, 0.25) is 0 Å². The second-order valence-corrected chi connectivity index (χ2v) is 5.57. The van der Waals surface area contributed by atoms with Gasteiger partial charge in [-0.15, -0.1) is 0 Å². The molecule has 4 heteroatoms. The highest BCUT2D eigenvalue weighted by Gasteiger charge is 2.31. The Bertz CT molecular complexity index is 759.